The smallest absolute Gasteiger partial charge is 0.343 e. The third-order valence-electron chi connectivity index (χ3n) is 8.29. The van der Waals surface area contributed by atoms with E-state index in [1.54, 1.807) is 93.6 Å². The van der Waals surface area contributed by atoms with Crippen LogP contribution in [-0.2, 0) is 23.7 Å². The Labute approximate surface area is 295 Å². The first-order valence-electron chi connectivity index (χ1n) is 16.3. The van der Waals surface area contributed by atoms with E-state index in [0.29, 0.717) is 0 Å². The Bertz CT molecular complexity index is 1970. The minimum absolute atomic E-state index is 0.0660. The lowest BCUT2D eigenvalue weighted by molar-refractivity contribution is -0.0898. The van der Waals surface area contributed by atoms with Crippen molar-refractivity contribution in [2.75, 3.05) is 6.61 Å². The van der Waals surface area contributed by atoms with Gasteiger partial charge >= 0.3 is 23.9 Å². The molecule has 264 valence electrons. The molecule has 3 aromatic carbocycles. The van der Waals surface area contributed by atoms with Gasteiger partial charge in [0.2, 0.25) is 0 Å². The first-order valence-corrected chi connectivity index (χ1v) is 16.3. The summed E-state index contributed by atoms with van der Waals surface area (Å²) in [6, 6.07) is 21.9. The summed E-state index contributed by atoms with van der Waals surface area (Å²) in [7, 11) is 0. The van der Waals surface area contributed by atoms with E-state index in [9.17, 15) is 24.4 Å². The highest BCUT2D eigenvalue weighted by molar-refractivity contribution is 5.94. The molecule has 12 heteroatoms. The quantitative estimate of drug-likeness (QED) is 0.154. The van der Waals surface area contributed by atoms with Crippen LogP contribution in [0, 0.1) is 32.1 Å². The molecule has 0 saturated carbocycles. The van der Waals surface area contributed by atoms with Crippen molar-refractivity contribution in [2.45, 2.75) is 78.0 Å². The van der Waals surface area contributed by atoms with Crippen molar-refractivity contribution in [1.29, 1.82) is 5.26 Å². The van der Waals surface area contributed by atoms with E-state index in [-0.39, 0.29) is 33.6 Å². The van der Waals surface area contributed by atoms with Crippen molar-refractivity contribution in [3.63, 3.8) is 0 Å². The van der Waals surface area contributed by atoms with Crippen molar-refractivity contribution in [1.82, 2.24) is 10.2 Å². The minimum Gasteiger partial charge on any atom is -0.459 e. The van der Waals surface area contributed by atoms with Gasteiger partial charge in [-0.1, -0.05) is 53.1 Å². The summed E-state index contributed by atoms with van der Waals surface area (Å²) in [5, 5.41) is 16.6. The standard InChI is InChI=1S/C39H39N3O9/c1-22-8-14-25(15-9-22)34(43)47-21-29-32(49-35(44)26-16-10-23(2)11-17-26)39(7,51-36(45)27-18-12-24(3)13-19-27)33(48-29)31-30(28(20-40)41-42-31)37(46)50-38(4,5)6/h8-19,29,32-33H,21H2,1-7H3,(H,41,42)/t29?,32-,33+,39-/m1/s1. The van der Waals surface area contributed by atoms with Crippen LogP contribution in [0.25, 0.3) is 0 Å². The second kappa shape index (κ2) is 14.6. The zero-order chi connectivity index (χ0) is 37.1. The Morgan fingerprint density at radius 1 is 0.804 bits per heavy atom. The number of H-pyrrole nitrogens is 1. The average Bonchev–Trinajstić information content (AvgIpc) is 3.62. The van der Waals surface area contributed by atoms with E-state index in [1.807, 2.05) is 26.8 Å². The van der Waals surface area contributed by atoms with Gasteiger partial charge in [0.25, 0.3) is 0 Å². The fourth-order valence-corrected chi connectivity index (χ4v) is 5.60. The van der Waals surface area contributed by atoms with Gasteiger partial charge < -0.3 is 23.7 Å². The molecule has 0 radical (unpaired) electrons. The number of nitriles is 1. The maximum absolute atomic E-state index is 13.8. The lowest BCUT2D eigenvalue weighted by atomic mass is 9.88. The Kier molecular flexibility index (Phi) is 10.4. The maximum atomic E-state index is 13.8. The van der Waals surface area contributed by atoms with Crippen LogP contribution in [-0.4, -0.2) is 64.1 Å². The molecular weight excluding hydrogens is 654 g/mol. The third-order valence-corrected chi connectivity index (χ3v) is 8.29. The van der Waals surface area contributed by atoms with Crippen molar-refractivity contribution >= 4 is 23.9 Å². The SMILES string of the molecule is Cc1ccc(C(=O)OCC2O[C@@H](c3[nH]nc(C#N)c3C(=O)OC(C)(C)C)[C@](C)(OC(=O)c3ccc(C)cc3)[C@@H]2OC(=O)c2ccc(C)cc2)cc1. The summed E-state index contributed by atoms with van der Waals surface area (Å²) in [6.45, 7) is 11.6. The summed E-state index contributed by atoms with van der Waals surface area (Å²) >= 11 is 0. The molecule has 0 bridgehead atoms. The lowest BCUT2D eigenvalue weighted by Gasteiger charge is -2.34. The van der Waals surface area contributed by atoms with Gasteiger partial charge in [0.05, 0.1) is 22.4 Å². The normalized spacial score (nSPS) is 19.8. The Hall–Kier alpha value is -5.80. The molecule has 1 aromatic heterocycles. The molecule has 0 amide bonds. The first-order chi connectivity index (χ1) is 24.1. The topological polar surface area (TPSA) is 167 Å². The van der Waals surface area contributed by atoms with Gasteiger partial charge in [-0.2, -0.15) is 10.4 Å². The molecular formula is C39H39N3O9. The molecule has 12 nitrogen and oxygen atoms in total. The highest BCUT2D eigenvalue weighted by Gasteiger charge is 2.61. The molecule has 51 heavy (non-hydrogen) atoms. The number of nitrogens with zero attached hydrogens (tertiary/aromatic N) is 2. The van der Waals surface area contributed by atoms with Gasteiger partial charge in [0, 0.05) is 0 Å². The maximum Gasteiger partial charge on any atom is 0.343 e. The zero-order valence-electron chi connectivity index (χ0n) is 29.4. The van der Waals surface area contributed by atoms with Gasteiger partial charge in [0.1, 0.15) is 36.0 Å². The molecule has 1 N–H and O–H groups in total. The van der Waals surface area contributed by atoms with Crippen LogP contribution in [0.3, 0.4) is 0 Å². The fraction of sp³-hybridized carbons (Fsp3) is 0.333. The zero-order valence-corrected chi connectivity index (χ0v) is 29.4. The summed E-state index contributed by atoms with van der Waals surface area (Å²) in [4.78, 5) is 54.2. The van der Waals surface area contributed by atoms with Gasteiger partial charge in [-0.05, 0) is 84.9 Å². The van der Waals surface area contributed by atoms with Crippen LogP contribution in [0.1, 0.15) is 103 Å². The van der Waals surface area contributed by atoms with E-state index in [1.165, 1.54) is 6.92 Å². The van der Waals surface area contributed by atoms with Crippen molar-refractivity contribution in [3.05, 3.63) is 123 Å². The predicted molar refractivity (Wildman–Crippen MR) is 183 cm³/mol. The second-order valence-corrected chi connectivity index (χ2v) is 13.6. The Balaban J connectivity index is 1.61. The average molecular weight is 694 g/mol. The number of aryl methyl sites for hydroxylation is 3. The van der Waals surface area contributed by atoms with E-state index in [4.69, 9.17) is 23.7 Å². The van der Waals surface area contributed by atoms with Gasteiger partial charge in [0.15, 0.2) is 17.4 Å². The third kappa shape index (κ3) is 8.16. The summed E-state index contributed by atoms with van der Waals surface area (Å²) < 4.78 is 30.0. The molecule has 1 fully saturated rings. The number of ether oxygens (including phenoxy) is 5. The molecule has 4 aromatic rings. The molecule has 0 spiro atoms. The molecule has 2 heterocycles. The Morgan fingerprint density at radius 3 is 1.78 bits per heavy atom. The molecule has 1 aliphatic rings. The van der Waals surface area contributed by atoms with E-state index >= 15 is 0 Å². The molecule has 1 saturated heterocycles. The molecule has 1 aliphatic heterocycles. The van der Waals surface area contributed by atoms with Gasteiger partial charge in [-0.3, -0.25) is 5.10 Å². The summed E-state index contributed by atoms with van der Waals surface area (Å²) in [5.41, 5.74) is -0.0378. The number of hydrogen-bond acceptors (Lipinski definition) is 11. The number of nitrogens with one attached hydrogen (secondary N) is 1. The number of aromatic amines is 1. The molecule has 4 atom stereocenters. The number of rotatable bonds is 9. The number of hydrogen-bond donors (Lipinski definition) is 1. The van der Waals surface area contributed by atoms with Crippen LogP contribution in [0.5, 0.6) is 0 Å². The van der Waals surface area contributed by atoms with E-state index in [2.05, 4.69) is 10.2 Å². The number of carbonyl (C=O) groups is 4. The summed E-state index contributed by atoms with van der Waals surface area (Å²) in [5.74, 6) is -3.13. The van der Waals surface area contributed by atoms with Crippen LogP contribution >= 0.6 is 0 Å². The van der Waals surface area contributed by atoms with Crippen molar-refractivity contribution < 1.29 is 42.9 Å². The molecule has 0 aliphatic carbocycles. The number of carbonyl (C=O) groups excluding carboxylic acids is 4. The number of aromatic nitrogens is 2. The molecule has 1 unspecified atom stereocenters. The lowest BCUT2D eigenvalue weighted by Crippen LogP contribution is -2.50. The highest BCUT2D eigenvalue weighted by atomic mass is 16.7. The molecule has 5 rings (SSSR count). The van der Waals surface area contributed by atoms with Crippen LogP contribution in [0.4, 0.5) is 0 Å². The van der Waals surface area contributed by atoms with E-state index in [0.717, 1.165) is 16.7 Å². The highest BCUT2D eigenvalue weighted by Crippen LogP contribution is 2.47. The fourth-order valence-electron chi connectivity index (χ4n) is 5.60. The number of esters is 4. The number of benzene rings is 3. The predicted octanol–water partition coefficient (Wildman–Crippen LogP) is 6.30. The van der Waals surface area contributed by atoms with Crippen LogP contribution in [0.2, 0.25) is 0 Å². The van der Waals surface area contributed by atoms with Crippen LogP contribution < -0.4 is 0 Å². The van der Waals surface area contributed by atoms with Crippen LogP contribution in [0.15, 0.2) is 72.8 Å². The monoisotopic (exact) mass is 693 g/mol. The minimum atomic E-state index is -1.90. The largest absolute Gasteiger partial charge is 0.459 e. The van der Waals surface area contributed by atoms with E-state index < -0.39 is 60.0 Å². The summed E-state index contributed by atoms with van der Waals surface area (Å²) in [6.07, 6.45) is -4.07. The van der Waals surface area contributed by atoms with Gasteiger partial charge in [-0.15, -0.1) is 0 Å². The Morgan fingerprint density at radius 2 is 1.29 bits per heavy atom. The van der Waals surface area contributed by atoms with Crippen molar-refractivity contribution in [2.24, 2.45) is 0 Å². The second-order valence-electron chi connectivity index (χ2n) is 13.6. The first kappa shape index (κ1) is 36.5. The van der Waals surface area contributed by atoms with Crippen molar-refractivity contribution in [3.8, 4) is 6.07 Å². The van der Waals surface area contributed by atoms with Gasteiger partial charge in [-0.25, -0.2) is 19.2 Å².